The molecular formula is C13H12N2S2. The lowest BCUT2D eigenvalue weighted by Gasteiger charge is -2.07. The average molecular weight is 260 g/mol. The summed E-state index contributed by atoms with van der Waals surface area (Å²) in [5, 5.41) is 17.8. The van der Waals surface area contributed by atoms with Gasteiger partial charge in [-0.25, -0.2) is 0 Å². The summed E-state index contributed by atoms with van der Waals surface area (Å²) in [6.07, 6.45) is 0. The van der Waals surface area contributed by atoms with Gasteiger partial charge in [0.25, 0.3) is 0 Å². The fourth-order valence-electron chi connectivity index (χ4n) is 1.27. The molecule has 0 saturated carbocycles. The summed E-state index contributed by atoms with van der Waals surface area (Å²) in [5.74, 6) is 1.21. The molecule has 0 aliphatic heterocycles. The van der Waals surface area contributed by atoms with E-state index in [-0.39, 0.29) is 0 Å². The van der Waals surface area contributed by atoms with E-state index in [1.165, 1.54) is 23.5 Å². The highest BCUT2D eigenvalue weighted by atomic mass is 32.2. The maximum Gasteiger partial charge on any atom is 0.107 e. The monoisotopic (exact) mass is 260 g/mol. The van der Waals surface area contributed by atoms with Crippen molar-refractivity contribution in [2.24, 2.45) is 0 Å². The number of allylic oxidation sites excluding steroid dienone is 1. The van der Waals surface area contributed by atoms with Crippen LogP contribution in [0, 0.1) is 22.7 Å². The van der Waals surface area contributed by atoms with Crippen LogP contribution in [0.3, 0.4) is 0 Å². The maximum atomic E-state index is 9.16. The van der Waals surface area contributed by atoms with Crippen LogP contribution in [-0.4, -0.2) is 11.5 Å². The normalized spacial score (nSPS) is 11.2. The first-order chi connectivity index (χ1) is 8.33. The van der Waals surface area contributed by atoms with Crippen molar-refractivity contribution in [3.05, 3.63) is 40.8 Å². The Hall–Kier alpha value is -1.36. The molecule has 2 nitrogen and oxygen atoms in total. The Morgan fingerprint density at radius 3 is 2.41 bits per heavy atom. The maximum absolute atomic E-state index is 9.16. The second kappa shape index (κ2) is 7.84. The fourth-order valence-corrected chi connectivity index (χ4v) is 2.91. The Bertz CT molecular complexity index is 466. The molecule has 0 atom stereocenters. The highest BCUT2D eigenvalue weighted by Crippen LogP contribution is 2.35. The van der Waals surface area contributed by atoms with Crippen LogP contribution >= 0.6 is 23.5 Å². The van der Waals surface area contributed by atoms with Gasteiger partial charge in [0.05, 0.1) is 16.7 Å². The summed E-state index contributed by atoms with van der Waals surface area (Å²) < 4.78 is 0. The van der Waals surface area contributed by atoms with Gasteiger partial charge < -0.3 is 0 Å². The second-order valence-electron chi connectivity index (χ2n) is 3.02. The van der Waals surface area contributed by atoms with E-state index in [0.29, 0.717) is 10.7 Å². The van der Waals surface area contributed by atoms with Gasteiger partial charge in [0.15, 0.2) is 0 Å². The van der Waals surface area contributed by atoms with Crippen LogP contribution in [0.5, 0.6) is 0 Å². The summed E-state index contributed by atoms with van der Waals surface area (Å²) >= 11 is 2.94. The number of rotatable bonds is 5. The summed E-state index contributed by atoms with van der Waals surface area (Å²) in [6, 6.07) is 14.1. The lowest BCUT2D eigenvalue weighted by atomic mass is 10.2. The molecule has 0 heterocycles. The molecule has 0 aliphatic carbocycles. The molecule has 0 spiro atoms. The number of nitrogens with zero attached hydrogens (tertiary/aromatic N) is 2. The molecule has 4 heteroatoms. The van der Waals surface area contributed by atoms with E-state index in [1.54, 1.807) is 0 Å². The minimum atomic E-state index is 0.361. The highest BCUT2D eigenvalue weighted by Gasteiger charge is 2.09. The lowest BCUT2D eigenvalue weighted by molar-refractivity contribution is 1.49. The van der Waals surface area contributed by atoms with E-state index in [9.17, 15) is 0 Å². The predicted molar refractivity (Wildman–Crippen MR) is 75.2 cm³/mol. The Morgan fingerprint density at radius 1 is 1.18 bits per heavy atom. The largest absolute Gasteiger partial charge is 0.197 e. The summed E-state index contributed by atoms with van der Waals surface area (Å²) in [5.41, 5.74) is 1.00. The molecule has 0 saturated heterocycles. The Labute approximate surface area is 110 Å². The topological polar surface area (TPSA) is 47.6 Å². The molecule has 86 valence electrons. The van der Waals surface area contributed by atoms with Crippen molar-refractivity contribution in [2.75, 3.05) is 11.5 Å². The van der Waals surface area contributed by atoms with Gasteiger partial charge in [-0.05, 0) is 11.3 Å². The minimum Gasteiger partial charge on any atom is -0.197 e. The number of nitriles is 2. The molecule has 0 N–H and O–H groups in total. The van der Waals surface area contributed by atoms with E-state index < -0.39 is 0 Å². The molecule has 0 amide bonds. The molecule has 0 unspecified atom stereocenters. The van der Waals surface area contributed by atoms with Crippen LogP contribution < -0.4 is 0 Å². The molecule has 0 aliphatic rings. The highest BCUT2D eigenvalue weighted by molar-refractivity contribution is 8.11. The fraction of sp³-hybridized carbons (Fsp3) is 0.231. The van der Waals surface area contributed by atoms with Crippen LogP contribution in [0.25, 0.3) is 4.91 Å². The second-order valence-corrected chi connectivity index (χ2v) is 5.28. The van der Waals surface area contributed by atoms with E-state index in [4.69, 9.17) is 10.5 Å². The number of benzene rings is 1. The van der Waals surface area contributed by atoms with Crippen LogP contribution in [0.1, 0.15) is 12.5 Å². The molecule has 0 aromatic heterocycles. The molecule has 1 aromatic rings. The number of hydrogen-bond donors (Lipinski definition) is 0. The van der Waals surface area contributed by atoms with E-state index in [1.807, 2.05) is 37.3 Å². The van der Waals surface area contributed by atoms with Gasteiger partial charge in [0.1, 0.15) is 6.07 Å². The summed E-state index contributed by atoms with van der Waals surface area (Å²) in [4.78, 5) is 1.60. The SMILES string of the molecule is CCS/C(C#N)=C(/SCC#N)c1ccccc1. The first-order valence-corrected chi connectivity index (χ1v) is 7.13. The smallest absolute Gasteiger partial charge is 0.107 e. The van der Waals surface area contributed by atoms with Crippen LogP contribution in [0.15, 0.2) is 35.2 Å². The van der Waals surface area contributed by atoms with Crippen molar-refractivity contribution in [1.29, 1.82) is 10.5 Å². The van der Waals surface area contributed by atoms with Crippen molar-refractivity contribution < 1.29 is 0 Å². The minimum absolute atomic E-state index is 0.361. The van der Waals surface area contributed by atoms with Crippen molar-refractivity contribution in [1.82, 2.24) is 0 Å². The van der Waals surface area contributed by atoms with Crippen LogP contribution in [0.2, 0.25) is 0 Å². The third kappa shape index (κ3) is 4.19. The average Bonchev–Trinajstić information content (AvgIpc) is 2.39. The molecule has 0 radical (unpaired) electrons. The molecule has 0 fully saturated rings. The third-order valence-corrected chi connectivity index (χ3v) is 3.92. The first-order valence-electron chi connectivity index (χ1n) is 5.15. The molecule has 1 aromatic carbocycles. The number of thioether (sulfide) groups is 2. The Balaban J connectivity index is 3.12. The molecule has 0 bridgehead atoms. The van der Waals surface area contributed by atoms with Gasteiger partial charge in [0, 0.05) is 4.91 Å². The van der Waals surface area contributed by atoms with Gasteiger partial charge in [-0.1, -0.05) is 37.3 Å². The van der Waals surface area contributed by atoms with E-state index >= 15 is 0 Å². The quantitative estimate of drug-likeness (QED) is 0.754. The summed E-state index contributed by atoms with van der Waals surface area (Å²) in [7, 11) is 0. The van der Waals surface area contributed by atoms with Crippen molar-refractivity contribution in [3.63, 3.8) is 0 Å². The van der Waals surface area contributed by atoms with Gasteiger partial charge in [-0.15, -0.1) is 23.5 Å². The van der Waals surface area contributed by atoms with Crippen molar-refractivity contribution in [3.8, 4) is 12.1 Å². The first kappa shape index (κ1) is 13.7. The van der Waals surface area contributed by atoms with Gasteiger partial charge in [-0.3, -0.25) is 0 Å². The van der Waals surface area contributed by atoms with Crippen LogP contribution in [-0.2, 0) is 0 Å². The zero-order valence-electron chi connectivity index (χ0n) is 9.51. The zero-order chi connectivity index (χ0) is 12.5. The Kier molecular flexibility index (Phi) is 6.32. The molecular weight excluding hydrogens is 248 g/mol. The third-order valence-electron chi connectivity index (χ3n) is 1.91. The predicted octanol–water partition coefficient (Wildman–Crippen LogP) is 3.89. The molecule has 1 rings (SSSR count). The van der Waals surface area contributed by atoms with Gasteiger partial charge in [-0.2, -0.15) is 10.5 Å². The van der Waals surface area contributed by atoms with E-state index in [0.717, 1.165) is 16.2 Å². The van der Waals surface area contributed by atoms with Crippen molar-refractivity contribution >= 4 is 28.4 Å². The number of hydrogen-bond acceptors (Lipinski definition) is 4. The zero-order valence-corrected chi connectivity index (χ0v) is 11.1. The van der Waals surface area contributed by atoms with E-state index in [2.05, 4.69) is 12.1 Å². The van der Waals surface area contributed by atoms with Crippen LogP contribution in [0.4, 0.5) is 0 Å². The van der Waals surface area contributed by atoms with Gasteiger partial charge in [0.2, 0.25) is 0 Å². The van der Waals surface area contributed by atoms with Crippen molar-refractivity contribution in [2.45, 2.75) is 6.92 Å². The van der Waals surface area contributed by atoms with Gasteiger partial charge >= 0.3 is 0 Å². The standard InChI is InChI=1S/C13H12N2S2/c1-2-16-12(10-15)13(17-9-8-14)11-6-4-3-5-7-11/h3-7H,2,9H2,1H3/b13-12+. The molecule has 17 heavy (non-hydrogen) atoms. The summed E-state index contributed by atoms with van der Waals surface area (Å²) in [6.45, 7) is 2.01. The Morgan fingerprint density at radius 2 is 1.88 bits per heavy atom. The lowest BCUT2D eigenvalue weighted by Crippen LogP contribution is -1.86.